The largest absolute Gasteiger partial charge is 0.496 e. The first-order valence-corrected chi connectivity index (χ1v) is 7.86. The Bertz CT molecular complexity index is 622. The molecule has 2 N–H and O–H groups in total. The number of halogens is 3. The van der Waals surface area contributed by atoms with Gasteiger partial charge in [0.25, 0.3) is 0 Å². The molecule has 1 atom stereocenters. The van der Waals surface area contributed by atoms with Gasteiger partial charge in [-0.1, -0.05) is 11.6 Å². The minimum absolute atomic E-state index is 0.246. The van der Waals surface area contributed by atoms with Crippen LogP contribution in [-0.2, 0) is 6.42 Å². The second kappa shape index (κ2) is 6.89. The Balaban J connectivity index is 2.27. The van der Waals surface area contributed by atoms with Crippen LogP contribution >= 0.6 is 43.5 Å². The Morgan fingerprint density at radius 2 is 2.10 bits per heavy atom. The van der Waals surface area contributed by atoms with Crippen LogP contribution in [0.3, 0.4) is 0 Å². The fourth-order valence-electron chi connectivity index (χ4n) is 1.94. The zero-order valence-corrected chi connectivity index (χ0v) is 14.7. The van der Waals surface area contributed by atoms with Crippen molar-refractivity contribution in [2.45, 2.75) is 12.5 Å². The number of methoxy groups -OCH3 is 1. The number of rotatable bonds is 4. The molecule has 0 amide bonds. The van der Waals surface area contributed by atoms with Gasteiger partial charge in [0, 0.05) is 20.2 Å². The minimum atomic E-state index is -0.246. The van der Waals surface area contributed by atoms with E-state index in [1.807, 2.05) is 18.2 Å². The van der Waals surface area contributed by atoms with E-state index in [-0.39, 0.29) is 6.04 Å². The summed E-state index contributed by atoms with van der Waals surface area (Å²) in [5.74, 6) is 0.776. The number of aromatic nitrogens is 1. The lowest BCUT2D eigenvalue weighted by Crippen LogP contribution is -2.16. The van der Waals surface area contributed by atoms with Crippen LogP contribution in [0.15, 0.2) is 39.4 Å². The first-order valence-electron chi connectivity index (χ1n) is 5.90. The van der Waals surface area contributed by atoms with Crippen molar-refractivity contribution in [3.63, 3.8) is 0 Å². The number of benzene rings is 1. The zero-order chi connectivity index (χ0) is 14.7. The molecule has 20 heavy (non-hydrogen) atoms. The van der Waals surface area contributed by atoms with Crippen LogP contribution in [0.4, 0.5) is 0 Å². The average molecular weight is 421 g/mol. The molecule has 0 spiro atoms. The van der Waals surface area contributed by atoms with Gasteiger partial charge >= 0.3 is 0 Å². The number of nitrogens with zero attached hydrogens (tertiary/aromatic N) is 1. The fourth-order valence-corrected chi connectivity index (χ4v) is 3.41. The SMILES string of the molecule is COc1ccc(Cl)cc1CC(N)c1ncc(Br)cc1Br. The Morgan fingerprint density at radius 3 is 2.75 bits per heavy atom. The predicted molar refractivity (Wildman–Crippen MR) is 88.3 cm³/mol. The van der Waals surface area contributed by atoms with E-state index in [2.05, 4.69) is 36.8 Å². The lowest BCUT2D eigenvalue weighted by molar-refractivity contribution is 0.408. The van der Waals surface area contributed by atoms with Gasteiger partial charge in [-0.15, -0.1) is 0 Å². The molecule has 0 aliphatic carbocycles. The lowest BCUT2D eigenvalue weighted by atomic mass is 10.0. The van der Waals surface area contributed by atoms with Crippen molar-refractivity contribution in [3.8, 4) is 5.75 Å². The second-order valence-corrected chi connectivity index (χ2v) is 6.49. The van der Waals surface area contributed by atoms with Gasteiger partial charge in [0.15, 0.2) is 0 Å². The highest BCUT2D eigenvalue weighted by atomic mass is 79.9. The molecule has 3 nitrogen and oxygen atoms in total. The molecule has 1 heterocycles. The van der Waals surface area contributed by atoms with Crippen LogP contribution in [0.25, 0.3) is 0 Å². The monoisotopic (exact) mass is 418 g/mol. The van der Waals surface area contributed by atoms with Gasteiger partial charge in [-0.05, 0) is 68.1 Å². The summed E-state index contributed by atoms with van der Waals surface area (Å²) in [5.41, 5.74) is 8.01. The summed E-state index contributed by atoms with van der Waals surface area (Å²) in [6.45, 7) is 0. The van der Waals surface area contributed by atoms with Gasteiger partial charge in [-0.2, -0.15) is 0 Å². The summed E-state index contributed by atoms with van der Waals surface area (Å²) < 4.78 is 7.11. The maximum absolute atomic E-state index is 6.25. The number of nitrogens with two attached hydrogens (primary N) is 1. The van der Waals surface area contributed by atoms with E-state index in [9.17, 15) is 0 Å². The third-order valence-corrected chi connectivity index (χ3v) is 4.17. The second-order valence-electron chi connectivity index (χ2n) is 4.29. The van der Waals surface area contributed by atoms with Crippen LogP contribution < -0.4 is 10.5 Å². The quantitative estimate of drug-likeness (QED) is 0.792. The van der Waals surface area contributed by atoms with Gasteiger partial charge in [-0.3, -0.25) is 4.98 Å². The minimum Gasteiger partial charge on any atom is -0.496 e. The maximum Gasteiger partial charge on any atom is 0.122 e. The zero-order valence-electron chi connectivity index (χ0n) is 10.7. The van der Waals surface area contributed by atoms with Gasteiger partial charge in [0.1, 0.15) is 5.75 Å². The summed E-state index contributed by atoms with van der Waals surface area (Å²) >= 11 is 12.9. The van der Waals surface area contributed by atoms with Crippen LogP contribution in [0.5, 0.6) is 5.75 Å². The highest BCUT2D eigenvalue weighted by molar-refractivity contribution is 9.11. The van der Waals surface area contributed by atoms with E-state index in [1.165, 1.54) is 0 Å². The summed E-state index contributed by atoms with van der Waals surface area (Å²) in [4.78, 5) is 4.36. The molecule has 1 aromatic carbocycles. The van der Waals surface area contributed by atoms with Crippen molar-refractivity contribution < 1.29 is 4.74 Å². The maximum atomic E-state index is 6.25. The van der Waals surface area contributed by atoms with E-state index in [0.717, 1.165) is 26.0 Å². The van der Waals surface area contributed by atoms with Crippen molar-refractivity contribution in [2.75, 3.05) is 7.11 Å². The molecular formula is C14H13Br2ClN2O. The van der Waals surface area contributed by atoms with Crippen molar-refractivity contribution in [2.24, 2.45) is 5.73 Å². The third kappa shape index (κ3) is 3.73. The molecule has 106 valence electrons. The number of hydrogen-bond acceptors (Lipinski definition) is 3. The summed E-state index contributed by atoms with van der Waals surface area (Å²) in [7, 11) is 1.63. The molecule has 1 aromatic heterocycles. The van der Waals surface area contributed by atoms with Gasteiger partial charge < -0.3 is 10.5 Å². The van der Waals surface area contributed by atoms with Crippen molar-refractivity contribution >= 4 is 43.5 Å². The van der Waals surface area contributed by atoms with Gasteiger partial charge in [-0.25, -0.2) is 0 Å². The van der Waals surface area contributed by atoms with Gasteiger partial charge in [0.05, 0.1) is 18.8 Å². The van der Waals surface area contributed by atoms with Crippen LogP contribution in [0, 0.1) is 0 Å². The Kier molecular flexibility index (Phi) is 5.43. The molecule has 0 aliphatic heterocycles. The van der Waals surface area contributed by atoms with E-state index in [0.29, 0.717) is 11.4 Å². The molecule has 0 bridgehead atoms. The fraction of sp³-hybridized carbons (Fsp3) is 0.214. The summed E-state index contributed by atoms with van der Waals surface area (Å²) in [5, 5.41) is 0.663. The smallest absolute Gasteiger partial charge is 0.122 e. The molecule has 0 saturated heterocycles. The summed E-state index contributed by atoms with van der Waals surface area (Å²) in [6.07, 6.45) is 2.33. The molecule has 2 rings (SSSR count). The van der Waals surface area contributed by atoms with Crippen LogP contribution in [-0.4, -0.2) is 12.1 Å². The number of hydrogen-bond donors (Lipinski definition) is 1. The molecular weight excluding hydrogens is 407 g/mol. The first-order chi connectivity index (χ1) is 9.51. The van der Waals surface area contributed by atoms with Crippen molar-refractivity contribution in [1.29, 1.82) is 0 Å². The number of ether oxygens (including phenoxy) is 1. The van der Waals surface area contributed by atoms with E-state index in [4.69, 9.17) is 22.1 Å². The third-order valence-electron chi connectivity index (χ3n) is 2.87. The van der Waals surface area contributed by atoms with E-state index in [1.54, 1.807) is 19.4 Å². The van der Waals surface area contributed by atoms with Crippen molar-refractivity contribution in [1.82, 2.24) is 4.98 Å². The Morgan fingerprint density at radius 1 is 1.35 bits per heavy atom. The highest BCUT2D eigenvalue weighted by Crippen LogP contribution is 2.29. The van der Waals surface area contributed by atoms with E-state index < -0.39 is 0 Å². The van der Waals surface area contributed by atoms with Crippen LogP contribution in [0.2, 0.25) is 5.02 Å². The molecule has 1 unspecified atom stereocenters. The topological polar surface area (TPSA) is 48.1 Å². The molecule has 0 aliphatic rings. The first kappa shape index (κ1) is 15.8. The molecule has 6 heteroatoms. The highest BCUT2D eigenvalue weighted by Gasteiger charge is 2.15. The lowest BCUT2D eigenvalue weighted by Gasteiger charge is -2.15. The molecule has 0 radical (unpaired) electrons. The molecule has 0 saturated carbocycles. The molecule has 0 fully saturated rings. The molecule has 2 aromatic rings. The normalized spacial score (nSPS) is 12.2. The predicted octanol–water partition coefficient (Wildman–Crippen LogP) is 4.51. The Labute approximate surface area is 139 Å². The van der Waals surface area contributed by atoms with Crippen LogP contribution in [0.1, 0.15) is 17.3 Å². The van der Waals surface area contributed by atoms with E-state index >= 15 is 0 Å². The standard InChI is InChI=1S/C14H13Br2ClN2O/c1-20-13-3-2-10(17)4-8(13)5-12(18)14-11(16)6-9(15)7-19-14/h2-4,6-7,12H,5,18H2,1H3. The summed E-state index contributed by atoms with van der Waals surface area (Å²) in [6, 6.07) is 7.19. The number of pyridine rings is 1. The van der Waals surface area contributed by atoms with Crippen molar-refractivity contribution in [3.05, 3.63) is 55.7 Å². The van der Waals surface area contributed by atoms with Gasteiger partial charge in [0.2, 0.25) is 0 Å². The Hall–Kier alpha value is -0.620. The average Bonchev–Trinajstić information content (AvgIpc) is 2.38.